The molecule has 2 aliphatic heterocycles. The van der Waals surface area contributed by atoms with E-state index in [0.717, 1.165) is 48.3 Å². The summed E-state index contributed by atoms with van der Waals surface area (Å²) in [5, 5.41) is 0. The van der Waals surface area contributed by atoms with Gasteiger partial charge >= 0.3 is 0 Å². The van der Waals surface area contributed by atoms with Gasteiger partial charge in [-0.25, -0.2) is 23.1 Å². The van der Waals surface area contributed by atoms with E-state index >= 15 is 0 Å². The molecule has 1 fully saturated rings. The predicted molar refractivity (Wildman–Crippen MR) is 195 cm³/mol. The molecule has 4 bridgehead atoms. The van der Waals surface area contributed by atoms with Crippen LogP contribution in [0.2, 0.25) is 0 Å². The molecule has 12 heteroatoms. The van der Waals surface area contributed by atoms with Gasteiger partial charge in [-0.15, -0.1) is 0 Å². The summed E-state index contributed by atoms with van der Waals surface area (Å²) < 4.78 is 36.5. The van der Waals surface area contributed by atoms with E-state index in [1.54, 1.807) is 35.5 Å². The van der Waals surface area contributed by atoms with Gasteiger partial charge in [-0.3, -0.25) is 9.78 Å². The molecular weight excluding hydrogens is 651 g/mol. The third kappa shape index (κ3) is 8.07. The number of benzene rings is 2. The molecule has 0 aliphatic carbocycles. The molecule has 50 heavy (non-hydrogen) atoms. The molecule has 6 rings (SSSR count). The zero-order chi connectivity index (χ0) is 35.6. The summed E-state index contributed by atoms with van der Waals surface area (Å²) in [6, 6.07) is 13.7. The normalized spacial score (nSPS) is 19.4. The van der Waals surface area contributed by atoms with Crippen molar-refractivity contribution in [1.82, 2.24) is 24.8 Å². The number of anilines is 2. The van der Waals surface area contributed by atoms with Gasteiger partial charge in [0.15, 0.2) is 0 Å². The van der Waals surface area contributed by atoms with Gasteiger partial charge in [-0.05, 0) is 87.6 Å². The van der Waals surface area contributed by atoms with E-state index in [4.69, 9.17) is 9.72 Å². The predicted octanol–water partition coefficient (Wildman–Crippen LogP) is 6.96. The van der Waals surface area contributed by atoms with Crippen LogP contribution in [-0.2, 0) is 16.6 Å². The second-order valence-corrected chi connectivity index (χ2v) is 16.4. The van der Waals surface area contributed by atoms with E-state index in [2.05, 4.69) is 52.3 Å². The van der Waals surface area contributed by atoms with E-state index in [1.165, 1.54) is 18.6 Å². The number of nitrogens with zero attached hydrogens (tertiary/aromatic N) is 6. The first-order valence-corrected chi connectivity index (χ1v) is 18.9. The van der Waals surface area contributed by atoms with E-state index < -0.39 is 16.1 Å². The molecule has 2 aromatic heterocycles. The Labute approximate surface area is 295 Å². The fourth-order valence-corrected chi connectivity index (χ4v) is 7.72. The minimum Gasteiger partial charge on any atom is -0.475 e. The average Bonchev–Trinajstić information content (AvgIpc) is 3.07. The van der Waals surface area contributed by atoms with Gasteiger partial charge in [0.05, 0.1) is 41.3 Å². The van der Waals surface area contributed by atoms with Crippen LogP contribution >= 0.6 is 0 Å². The standard InChI is InChI=1S/C38H47N7O4S/c1-25-11-9-12-26(2)35(25)32-20-34-42-37(41-32)43-50(47,48)31-15-10-14-28(19-31)36(46)45(30(24-49-34)16-17-38(4,5)6)23-29-21-39-22-33(40-29)44-18-8-7-13-27(44)3/h9-12,14-15,19-22,27,30H,7-8,13,16-18,23-24H2,1-6H3,(H,41,42,43)/t27-,30-/m1/s1. The summed E-state index contributed by atoms with van der Waals surface area (Å²) in [6.45, 7) is 13.9. The molecule has 264 valence electrons. The molecule has 0 saturated carbocycles. The van der Waals surface area contributed by atoms with Crippen molar-refractivity contribution in [1.29, 1.82) is 0 Å². The number of carbonyl (C=O) groups excluding carboxylic acids is 1. The zero-order valence-corrected chi connectivity index (χ0v) is 30.6. The monoisotopic (exact) mass is 697 g/mol. The molecule has 2 aromatic carbocycles. The quantitative estimate of drug-likeness (QED) is 0.227. The molecule has 4 heterocycles. The Hall–Kier alpha value is -4.58. The van der Waals surface area contributed by atoms with Crippen LogP contribution in [0.25, 0.3) is 11.3 Å². The minimum atomic E-state index is -4.17. The number of rotatable bonds is 6. The van der Waals surface area contributed by atoms with Crippen molar-refractivity contribution in [3.05, 3.63) is 83.3 Å². The summed E-state index contributed by atoms with van der Waals surface area (Å²) in [4.78, 5) is 37.2. The van der Waals surface area contributed by atoms with Crippen molar-refractivity contribution in [3.8, 4) is 17.1 Å². The number of aromatic nitrogens is 4. The van der Waals surface area contributed by atoms with Crippen LogP contribution < -0.4 is 14.4 Å². The second-order valence-electron chi connectivity index (χ2n) is 14.7. The third-order valence-corrected chi connectivity index (χ3v) is 10.8. The second kappa shape index (κ2) is 14.3. The Bertz CT molecular complexity index is 1960. The topological polar surface area (TPSA) is 131 Å². The van der Waals surface area contributed by atoms with Crippen molar-refractivity contribution >= 4 is 27.7 Å². The molecule has 0 radical (unpaired) electrons. The molecule has 0 spiro atoms. The molecule has 2 aliphatic rings. The molecule has 2 atom stereocenters. The van der Waals surface area contributed by atoms with Crippen LogP contribution in [0.15, 0.2) is 65.8 Å². The molecular formula is C38H47N7O4S. The number of amides is 1. The van der Waals surface area contributed by atoms with Gasteiger partial charge < -0.3 is 14.5 Å². The van der Waals surface area contributed by atoms with Crippen molar-refractivity contribution in [2.24, 2.45) is 5.41 Å². The summed E-state index contributed by atoms with van der Waals surface area (Å²) in [5.74, 6) is 0.562. The maximum Gasteiger partial charge on any atom is 0.264 e. The number of nitrogens with one attached hydrogen (secondary N) is 1. The maximum absolute atomic E-state index is 14.6. The first kappa shape index (κ1) is 35.3. The van der Waals surface area contributed by atoms with Crippen LogP contribution in [0, 0.1) is 19.3 Å². The van der Waals surface area contributed by atoms with E-state index in [0.29, 0.717) is 23.9 Å². The van der Waals surface area contributed by atoms with Gasteiger partial charge in [-0.2, -0.15) is 4.98 Å². The fraction of sp³-hybridized carbons (Fsp3) is 0.447. The Kier molecular flexibility index (Phi) is 10.1. The van der Waals surface area contributed by atoms with Crippen LogP contribution in [-0.4, -0.2) is 64.4 Å². The lowest BCUT2D eigenvalue weighted by atomic mass is 9.88. The van der Waals surface area contributed by atoms with Crippen molar-refractivity contribution in [3.63, 3.8) is 0 Å². The summed E-state index contributed by atoms with van der Waals surface area (Å²) >= 11 is 0. The largest absolute Gasteiger partial charge is 0.475 e. The van der Waals surface area contributed by atoms with Gasteiger partial charge in [0, 0.05) is 29.8 Å². The summed E-state index contributed by atoms with van der Waals surface area (Å²) in [6.07, 6.45) is 8.29. The summed E-state index contributed by atoms with van der Waals surface area (Å²) in [5.41, 5.74) is 4.23. The number of ether oxygens (including phenoxy) is 1. The van der Waals surface area contributed by atoms with E-state index in [1.807, 2.05) is 32.0 Å². The van der Waals surface area contributed by atoms with Crippen molar-refractivity contribution < 1.29 is 17.9 Å². The Morgan fingerprint density at radius 3 is 2.48 bits per heavy atom. The lowest BCUT2D eigenvalue weighted by Crippen LogP contribution is -2.44. The third-order valence-electron chi connectivity index (χ3n) is 9.51. The number of fused-ring (bicyclic) bond motifs is 4. The Morgan fingerprint density at radius 2 is 1.74 bits per heavy atom. The highest BCUT2D eigenvalue weighted by atomic mass is 32.2. The number of carbonyl (C=O) groups is 1. The number of sulfonamides is 1. The lowest BCUT2D eigenvalue weighted by molar-refractivity contribution is 0.0549. The molecule has 0 unspecified atom stereocenters. The number of aryl methyl sites for hydroxylation is 2. The smallest absolute Gasteiger partial charge is 0.264 e. The first-order chi connectivity index (χ1) is 23.8. The SMILES string of the molecule is Cc1cccc(C)c1-c1cc2nc(n1)NS(=O)(=O)c1cccc(c1)C(=O)N(Cc1cncc(N3CCCC[C@H]3C)n1)[C@H](CCC(C)(C)C)CO2. The van der Waals surface area contributed by atoms with Crippen LogP contribution in [0.4, 0.5) is 11.8 Å². The molecule has 11 nitrogen and oxygen atoms in total. The van der Waals surface area contributed by atoms with Gasteiger partial charge in [0.25, 0.3) is 15.9 Å². The molecule has 1 N–H and O–H groups in total. The lowest BCUT2D eigenvalue weighted by Gasteiger charge is -2.35. The number of hydrogen-bond acceptors (Lipinski definition) is 9. The van der Waals surface area contributed by atoms with E-state index in [9.17, 15) is 13.2 Å². The summed E-state index contributed by atoms with van der Waals surface area (Å²) in [7, 11) is -4.17. The fourth-order valence-electron chi connectivity index (χ4n) is 6.73. The van der Waals surface area contributed by atoms with Crippen LogP contribution in [0.3, 0.4) is 0 Å². The number of piperidine rings is 1. The van der Waals surface area contributed by atoms with E-state index in [-0.39, 0.29) is 46.8 Å². The van der Waals surface area contributed by atoms with Crippen LogP contribution in [0.5, 0.6) is 5.88 Å². The zero-order valence-electron chi connectivity index (χ0n) is 29.8. The first-order valence-electron chi connectivity index (χ1n) is 17.4. The Balaban J connectivity index is 1.46. The van der Waals surface area contributed by atoms with Crippen LogP contribution in [0.1, 0.15) is 87.0 Å². The van der Waals surface area contributed by atoms with Crippen molar-refractivity contribution in [2.75, 3.05) is 22.8 Å². The molecule has 4 aromatic rings. The highest BCUT2D eigenvalue weighted by molar-refractivity contribution is 7.92. The number of hydrogen-bond donors (Lipinski definition) is 1. The highest BCUT2D eigenvalue weighted by Gasteiger charge is 2.31. The van der Waals surface area contributed by atoms with Gasteiger partial charge in [0.1, 0.15) is 12.4 Å². The molecule has 1 saturated heterocycles. The Morgan fingerprint density at radius 1 is 0.980 bits per heavy atom. The maximum atomic E-state index is 14.6. The highest BCUT2D eigenvalue weighted by Crippen LogP contribution is 2.31. The van der Waals surface area contributed by atoms with Gasteiger partial charge in [-0.1, -0.05) is 45.0 Å². The van der Waals surface area contributed by atoms with Gasteiger partial charge in [0.2, 0.25) is 11.8 Å². The minimum absolute atomic E-state index is 0.0183. The van der Waals surface area contributed by atoms with Crippen molar-refractivity contribution in [2.45, 2.75) is 97.2 Å². The average molecular weight is 698 g/mol. The molecule has 1 amide bonds.